The lowest BCUT2D eigenvalue weighted by Crippen LogP contribution is -2.53. The van der Waals surface area contributed by atoms with Crippen LogP contribution in [0.25, 0.3) is 0 Å². The predicted molar refractivity (Wildman–Crippen MR) is 49.0 cm³/mol. The van der Waals surface area contributed by atoms with Gasteiger partial charge < -0.3 is 0 Å². The molecule has 2 amide bonds. The van der Waals surface area contributed by atoms with E-state index in [0.717, 1.165) is 0 Å². The third-order valence-electron chi connectivity index (χ3n) is 2.21. The molecule has 0 radical (unpaired) electrons. The maximum Gasteiger partial charge on any atom is 0.243 e. The van der Waals surface area contributed by atoms with E-state index in [9.17, 15) is 9.59 Å². The van der Waals surface area contributed by atoms with E-state index in [1.54, 1.807) is 0 Å². The second-order valence-corrected chi connectivity index (χ2v) is 3.26. The normalized spacial score (nSPS) is 23.9. The summed E-state index contributed by atoms with van der Waals surface area (Å²) in [5, 5.41) is 13.8. The maximum absolute atomic E-state index is 11.3. The fourth-order valence-electron chi connectivity index (χ4n) is 1.34. The lowest BCUT2D eigenvalue weighted by Gasteiger charge is -2.23. The minimum absolute atomic E-state index is 0.238. The Balaban J connectivity index is 2.49. The monoisotopic (exact) mass is 195 g/mol. The van der Waals surface area contributed by atoms with Crippen molar-refractivity contribution in [3.63, 3.8) is 0 Å². The first kappa shape index (κ1) is 10.7. The molecule has 1 heterocycles. The van der Waals surface area contributed by atoms with Crippen LogP contribution in [0.4, 0.5) is 0 Å². The fourth-order valence-corrected chi connectivity index (χ4v) is 1.34. The van der Waals surface area contributed by atoms with Gasteiger partial charge in [0.1, 0.15) is 0 Å². The van der Waals surface area contributed by atoms with Gasteiger partial charge in [-0.3, -0.25) is 20.2 Å². The third kappa shape index (κ3) is 2.54. The lowest BCUT2D eigenvalue weighted by molar-refractivity contribution is -0.134. The number of carbonyl (C=O) groups is 2. The first-order valence-corrected chi connectivity index (χ1v) is 4.66. The van der Waals surface area contributed by atoms with E-state index in [1.165, 1.54) is 0 Å². The maximum atomic E-state index is 11.3. The molecule has 1 aliphatic rings. The summed E-state index contributed by atoms with van der Waals surface area (Å²) in [6, 6.07) is 1.33. The Hall–Kier alpha value is -1.41. The van der Waals surface area contributed by atoms with E-state index >= 15 is 0 Å². The van der Waals surface area contributed by atoms with Crippen molar-refractivity contribution in [1.82, 2.24) is 10.6 Å². The van der Waals surface area contributed by atoms with Gasteiger partial charge in [0, 0.05) is 6.42 Å². The number of hydrogen-bond donors (Lipinski definition) is 2. The zero-order chi connectivity index (χ0) is 10.6. The molecule has 1 saturated heterocycles. The van der Waals surface area contributed by atoms with Crippen LogP contribution in [0.15, 0.2) is 0 Å². The van der Waals surface area contributed by atoms with Crippen LogP contribution in [0.1, 0.15) is 26.2 Å². The standard InChI is InChI=1S/C9H13N3O2/c1-2-6(5-10)11-7-3-4-8(13)12-9(7)14/h6-7,11H,2-4H2,1H3,(H,12,13,14). The summed E-state index contributed by atoms with van der Waals surface area (Å²) < 4.78 is 0. The summed E-state index contributed by atoms with van der Waals surface area (Å²) in [7, 11) is 0. The van der Waals surface area contributed by atoms with Crippen molar-refractivity contribution in [3.05, 3.63) is 0 Å². The van der Waals surface area contributed by atoms with Crippen molar-refractivity contribution in [1.29, 1.82) is 5.26 Å². The molecule has 0 aromatic carbocycles. The summed E-state index contributed by atoms with van der Waals surface area (Å²) in [6.45, 7) is 1.87. The number of carbonyl (C=O) groups excluding carboxylic acids is 2. The number of nitriles is 1. The molecule has 76 valence electrons. The van der Waals surface area contributed by atoms with Gasteiger partial charge in [0.15, 0.2) is 0 Å². The molecule has 2 N–H and O–H groups in total. The van der Waals surface area contributed by atoms with Gasteiger partial charge >= 0.3 is 0 Å². The third-order valence-corrected chi connectivity index (χ3v) is 2.21. The highest BCUT2D eigenvalue weighted by Crippen LogP contribution is 2.05. The van der Waals surface area contributed by atoms with Crippen LogP contribution < -0.4 is 10.6 Å². The number of piperidine rings is 1. The highest BCUT2D eigenvalue weighted by Gasteiger charge is 2.27. The van der Waals surface area contributed by atoms with Gasteiger partial charge in [-0.05, 0) is 12.8 Å². The molecular weight excluding hydrogens is 182 g/mol. The van der Waals surface area contributed by atoms with Crippen molar-refractivity contribution in [2.45, 2.75) is 38.3 Å². The van der Waals surface area contributed by atoms with Crippen LogP contribution in [0.5, 0.6) is 0 Å². The molecule has 5 heteroatoms. The summed E-state index contributed by atoms with van der Waals surface area (Å²) >= 11 is 0. The second kappa shape index (κ2) is 4.72. The molecule has 0 aliphatic carbocycles. The van der Waals surface area contributed by atoms with E-state index in [4.69, 9.17) is 5.26 Å². The molecule has 1 rings (SSSR count). The molecule has 1 fully saturated rings. The average molecular weight is 195 g/mol. The lowest BCUT2D eigenvalue weighted by atomic mass is 10.0. The molecule has 14 heavy (non-hydrogen) atoms. The van der Waals surface area contributed by atoms with E-state index < -0.39 is 6.04 Å². The Bertz CT molecular complexity index is 282. The van der Waals surface area contributed by atoms with Gasteiger partial charge in [-0.1, -0.05) is 6.92 Å². The molecule has 0 saturated carbocycles. The van der Waals surface area contributed by atoms with E-state index in [1.807, 2.05) is 6.92 Å². The minimum atomic E-state index is -0.405. The van der Waals surface area contributed by atoms with Gasteiger partial charge in [0.2, 0.25) is 11.8 Å². The quantitative estimate of drug-likeness (QED) is 0.605. The zero-order valence-electron chi connectivity index (χ0n) is 8.04. The Morgan fingerprint density at radius 3 is 2.93 bits per heavy atom. The molecule has 0 aromatic heterocycles. The first-order valence-electron chi connectivity index (χ1n) is 4.66. The van der Waals surface area contributed by atoms with Crippen LogP contribution >= 0.6 is 0 Å². The van der Waals surface area contributed by atoms with Gasteiger partial charge in [-0.15, -0.1) is 0 Å². The Kier molecular flexibility index (Phi) is 3.60. The first-order chi connectivity index (χ1) is 6.67. The largest absolute Gasteiger partial charge is 0.295 e. The summed E-state index contributed by atoms with van der Waals surface area (Å²) in [5.41, 5.74) is 0. The molecule has 2 unspecified atom stereocenters. The number of hydrogen-bond acceptors (Lipinski definition) is 4. The highest BCUT2D eigenvalue weighted by atomic mass is 16.2. The van der Waals surface area contributed by atoms with Crippen molar-refractivity contribution in [2.75, 3.05) is 0 Å². The van der Waals surface area contributed by atoms with Crippen LogP contribution in [-0.2, 0) is 9.59 Å². The van der Waals surface area contributed by atoms with Gasteiger partial charge in [-0.2, -0.15) is 5.26 Å². The number of rotatable bonds is 3. The fraction of sp³-hybridized carbons (Fsp3) is 0.667. The Morgan fingerprint density at radius 2 is 2.43 bits per heavy atom. The topological polar surface area (TPSA) is 82.0 Å². The SMILES string of the molecule is CCC(C#N)NC1CCC(=O)NC1=O. The molecular formula is C9H13N3O2. The summed E-state index contributed by atoms with van der Waals surface area (Å²) in [5.74, 6) is -0.562. The Morgan fingerprint density at radius 1 is 1.71 bits per heavy atom. The number of nitrogens with zero attached hydrogens (tertiary/aromatic N) is 1. The van der Waals surface area contributed by atoms with E-state index in [2.05, 4.69) is 16.7 Å². The van der Waals surface area contributed by atoms with Crippen LogP contribution in [0.2, 0.25) is 0 Å². The Labute approximate surface area is 82.5 Å². The van der Waals surface area contributed by atoms with Crippen LogP contribution in [-0.4, -0.2) is 23.9 Å². The molecule has 1 aliphatic heterocycles. The molecule has 2 atom stereocenters. The molecule has 0 bridgehead atoms. The minimum Gasteiger partial charge on any atom is -0.295 e. The van der Waals surface area contributed by atoms with E-state index in [0.29, 0.717) is 19.3 Å². The van der Waals surface area contributed by atoms with Crippen LogP contribution in [0.3, 0.4) is 0 Å². The van der Waals surface area contributed by atoms with Gasteiger partial charge in [0.25, 0.3) is 0 Å². The van der Waals surface area contributed by atoms with E-state index in [-0.39, 0.29) is 17.9 Å². The molecule has 0 aromatic rings. The smallest absolute Gasteiger partial charge is 0.243 e. The predicted octanol–water partition coefficient (Wildman–Crippen LogP) is -0.317. The number of amides is 2. The molecule has 0 spiro atoms. The number of nitrogens with one attached hydrogen (secondary N) is 2. The second-order valence-electron chi connectivity index (χ2n) is 3.26. The highest BCUT2D eigenvalue weighted by molar-refractivity contribution is 6.00. The summed E-state index contributed by atoms with van der Waals surface area (Å²) in [4.78, 5) is 22.1. The zero-order valence-corrected chi connectivity index (χ0v) is 8.04. The van der Waals surface area contributed by atoms with Crippen molar-refractivity contribution in [3.8, 4) is 6.07 Å². The average Bonchev–Trinajstić information content (AvgIpc) is 2.17. The van der Waals surface area contributed by atoms with Crippen molar-refractivity contribution >= 4 is 11.8 Å². The van der Waals surface area contributed by atoms with Crippen molar-refractivity contribution < 1.29 is 9.59 Å². The van der Waals surface area contributed by atoms with Crippen LogP contribution in [0, 0.1) is 11.3 Å². The van der Waals surface area contributed by atoms with Gasteiger partial charge in [0.05, 0.1) is 18.2 Å². The number of imide groups is 1. The summed E-state index contributed by atoms with van der Waals surface area (Å²) in [6.07, 6.45) is 1.46. The molecule has 5 nitrogen and oxygen atoms in total. The van der Waals surface area contributed by atoms with Crippen molar-refractivity contribution in [2.24, 2.45) is 0 Å². The van der Waals surface area contributed by atoms with Gasteiger partial charge in [-0.25, -0.2) is 0 Å².